The van der Waals surface area contributed by atoms with Gasteiger partial charge in [0.25, 0.3) is 0 Å². The second-order valence-electron chi connectivity index (χ2n) is 5.76. The van der Waals surface area contributed by atoms with E-state index in [9.17, 15) is 0 Å². The first-order chi connectivity index (χ1) is 11.0. The monoisotopic (exact) mass is 441 g/mol. The van der Waals surface area contributed by atoms with Crippen molar-refractivity contribution in [1.82, 2.24) is 9.78 Å². The third-order valence-corrected chi connectivity index (χ3v) is 4.32. The van der Waals surface area contributed by atoms with Gasteiger partial charge in [-0.2, -0.15) is 5.10 Å². The lowest BCUT2D eigenvalue weighted by Crippen LogP contribution is -2.24. The zero-order valence-electron chi connectivity index (χ0n) is 15.2. The number of aliphatic imine (C=N–C) groups is 1. The van der Waals surface area contributed by atoms with Crippen molar-refractivity contribution >= 4 is 35.6 Å². The summed E-state index contributed by atoms with van der Waals surface area (Å²) in [6, 6.07) is 6.35. The van der Waals surface area contributed by atoms with Gasteiger partial charge in [-0.05, 0) is 37.8 Å². The first-order valence-electron chi connectivity index (χ1n) is 8.14. The maximum absolute atomic E-state index is 6.12. The Balaban J connectivity index is 0.00000288. The Hall–Kier alpha value is -1.57. The predicted molar refractivity (Wildman–Crippen MR) is 112 cm³/mol. The highest BCUT2D eigenvalue weighted by molar-refractivity contribution is 14.0. The van der Waals surface area contributed by atoms with Gasteiger partial charge in [0.15, 0.2) is 5.96 Å². The van der Waals surface area contributed by atoms with Gasteiger partial charge in [0.1, 0.15) is 0 Å². The van der Waals surface area contributed by atoms with Crippen LogP contribution in [0, 0.1) is 13.8 Å². The van der Waals surface area contributed by atoms with Crippen LogP contribution in [0.2, 0.25) is 0 Å². The minimum absolute atomic E-state index is 0. The lowest BCUT2D eigenvalue weighted by Gasteiger charge is -2.14. The Morgan fingerprint density at radius 3 is 2.25 bits per heavy atom. The molecule has 1 heterocycles. The van der Waals surface area contributed by atoms with Crippen molar-refractivity contribution in [1.29, 1.82) is 0 Å². The Morgan fingerprint density at radius 1 is 1.21 bits per heavy atom. The summed E-state index contributed by atoms with van der Waals surface area (Å²) in [6.07, 6.45) is 1.93. The van der Waals surface area contributed by atoms with E-state index >= 15 is 0 Å². The molecule has 0 unspecified atom stereocenters. The van der Waals surface area contributed by atoms with Gasteiger partial charge >= 0.3 is 0 Å². The molecule has 0 atom stereocenters. The van der Waals surface area contributed by atoms with E-state index in [4.69, 9.17) is 5.73 Å². The highest BCUT2D eigenvalue weighted by atomic mass is 127. The topological polar surface area (TPSA) is 68.2 Å². The van der Waals surface area contributed by atoms with E-state index in [1.807, 2.05) is 18.7 Å². The van der Waals surface area contributed by atoms with E-state index in [0.717, 1.165) is 35.5 Å². The summed E-state index contributed by atoms with van der Waals surface area (Å²) in [5, 5.41) is 7.71. The fourth-order valence-electron chi connectivity index (χ4n) is 2.78. The summed E-state index contributed by atoms with van der Waals surface area (Å²) in [5.74, 6) is 0.447. The second-order valence-corrected chi connectivity index (χ2v) is 5.76. The fraction of sp³-hybridized carbons (Fsp3) is 0.444. The maximum atomic E-state index is 6.12. The second kappa shape index (κ2) is 9.05. The number of rotatable bonds is 5. The molecule has 1 aromatic carbocycles. The van der Waals surface area contributed by atoms with Gasteiger partial charge in [0.05, 0.1) is 12.2 Å². The minimum atomic E-state index is 0. The number of hydrogen-bond donors (Lipinski definition) is 2. The molecule has 0 saturated carbocycles. The Labute approximate surface area is 161 Å². The largest absolute Gasteiger partial charge is 0.370 e. The van der Waals surface area contributed by atoms with E-state index in [2.05, 4.69) is 54.4 Å². The molecule has 2 rings (SSSR count). The van der Waals surface area contributed by atoms with Crippen LogP contribution in [0.1, 0.15) is 41.9 Å². The minimum Gasteiger partial charge on any atom is -0.370 e. The van der Waals surface area contributed by atoms with Crippen molar-refractivity contribution in [3.05, 3.63) is 46.3 Å². The normalized spacial score (nSPS) is 11.3. The van der Waals surface area contributed by atoms with Gasteiger partial charge in [0.2, 0.25) is 0 Å². The molecule has 0 aliphatic heterocycles. The smallest absolute Gasteiger partial charge is 0.193 e. The zero-order valence-corrected chi connectivity index (χ0v) is 17.5. The molecular weight excluding hydrogens is 413 g/mol. The molecule has 3 N–H and O–H groups in total. The average molecular weight is 441 g/mol. The lowest BCUT2D eigenvalue weighted by atomic mass is 10.0. The Morgan fingerprint density at radius 2 is 1.79 bits per heavy atom. The highest BCUT2D eigenvalue weighted by Gasteiger charge is 2.10. The zero-order chi connectivity index (χ0) is 17.0. The van der Waals surface area contributed by atoms with Crippen LogP contribution in [0.4, 0.5) is 5.69 Å². The molecule has 0 aliphatic carbocycles. The van der Waals surface area contributed by atoms with Crippen LogP contribution in [0.3, 0.4) is 0 Å². The quantitative estimate of drug-likeness (QED) is 0.423. The summed E-state index contributed by atoms with van der Waals surface area (Å²) < 4.78 is 1.88. The molecule has 132 valence electrons. The molecule has 6 heteroatoms. The van der Waals surface area contributed by atoms with Gasteiger partial charge in [-0.15, -0.1) is 24.0 Å². The fourth-order valence-corrected chi connectivity index (χ4v) is 2.78. The molecule has 0 spiro atoms. The van der Waals surface area contributed by atoms with Crippen LogP contribution in [-0.2, 0) is 26.4 Å². The molecular formula is C18H28IN5. The molecule has 1 aromatic heterocycles. The molecule has 0 aliphatic rings. The van der Waals surface area contributed by atoms with E-state index in [0.29, 0.717) is 12.5 Å². The van der Waals surface area contributed by atoms with Gasteiger partial charge in [-0.3, -0.25) is 4.68 Å². The van der Waals surface area contributed by atoms with Crippen molar-refractivity contribution in [2.75, 3.05) is 5.32 Å². The Bertz CT molecular complexity index is 696. The standard InChI is InChI=1S/C18H27N5.HI/c1-6-14-9-8-10-15(7-2)17(14)21-18(19)20-11-16-12(3)22-23(5)13(16)4;/h8-10H,6-7,11H2,1-5H3,(H3,19,20,21);1H. The number of nitrogens with two attached hydrogens (primary N) is 1. The molecule has 2 aromatic rings. The average Bonchev–Trinajstić information content (AvgIpc) is 2.78. The van der Waals surface area contributed by atoms with Gasteiger partial charge in [-0.25, -0.2) is 4.99 Å². The van der Waals surface area contributed by atoms with Crippen molar-refractivity contribution in [3.63, 3.8) is 0 Å². The van der Waals surface area contributed by atoms with Crippen LogP contribution in [0.15, 0.2) is 23.2 Å². The first kappa shape index (κ1) is 20.5. The van der Waals surface area contributed by atoms with Crippen LogP contribution < -0.4 is 11.1 Å². The lowest BCUT2D eigenvalue weighted by molar-refractivity contribution is 0.730. The first-order valence-corrected chi connectivity index (χ1v) is 8.14. The van der Waals surface area contributed by atoms with Crippen molar-refractivity contribution in [2.45, 2.75) is 47.1 Å². The molecule has 0 bridgehead atoms. The summed E-state index contributed by atoms with van der Waals surface area (Å²) in [6.45, 7) is 8.89. The van der Waals surface area contributed by atoms with Crippen LogP contribution in [0.25, 0.3) is 0 Å². The van der Waals surface area contributed by atoms with E-state index < -0.39 is 0 Å². The summed E-state index contributed by atoms with van der Waals surface area (Å²) >= 11 is 0. The number of nitrogens with zero attached hydrogens (tertiary/aromatic N) is 3. The molecule has 5 nitrogen and oxygen atoms in total. The summed E-state index contributed by atoms with van der Waals surface area (Å²) in [4.78, 5) is 4.51. The van der Waals surface area contributed by atoms with E-state index in [-0.39, 0.29) is 24.0 Å². The van der Waals surface area contributed by atoms with E-state index in [1.54, 1.807) is 0 Å². The number of nitrogens with one attached hydrogen (secondary N) is 1. The van der Waals surface area contributed by atoms with Crippen LogP contribution in [-0.4, -0.2) is 15.7 Å². The number of hydrogen-bond acceptors (Lipinski definition) is 2. The number of benzene rings is 1. The van der Waals surface area contributed by atoms with Crippen LogP contribution >= 0.6 is 24.0 Å². The summed E-state index contributed by atoms with van der Waals surface area (Å²) in [5.41, 5.74) is 13.0. The van der Waals surface area contributed by atoms with Gasteiger partial charge in [-0.1, -0.05) is 32.0 Å². The third kappa shape index (κ3) is 4.49. The van der Waals surface area contributed by atoms with Crippen LogP contribution in [0.5, 0.6) is 0 Å². The van der Waals surface area contributed by atoms with Gasteiger partial charge < -0.3 is 11.1 Å². The molecule has 24 heavy (non-hydrogen) atoms. The number of halogens is 1. The molecule has 0 radical (unpaired) electrons. The predicted octanol–water partition coefficient (Wildman–Crippen LogP) is 3.71. The van der Waals surface area contributed by atoms with Crippen molar-refractivity contribution in [2.24, 2.45) is 17.8 Å². The maximum Gasteiger partial charge on any atom is 0.193 e. The molecule has 0 saturated heterocycles. The van der Waals surface area contributed by atoms with Gasteiger partial charge in [0, 0.05) is 24.0 Å². The number of para-hydroxylation sites is 1. The summed E-state index contributed by atoms with van der Waals surface area (Å²) in [7, 11) is 1.95. The SMILES string of the molecule is CCc1cccc(CC)c1NC(N)=NCc1c(C)nn(C)c1C.I. The van der Waals surface area contributed by atoms with E-state index in [1.165, 1.54) is 11.1 Å². The van der Waals surface area contributed by atoms with Crippen molar-refractivity contribution in [3.8, 4) is 0 Å². The number of anilines is 1. The third-order valence-electron chi connectivity index (χ3n) is 4.32. The number of aromatic nitrogens is 2. The molecule has 0 amide bonds. The number of aryl methyl sites for hydroxylation is 4. The number of guanidine groups is 1. The Kier molecular flexibility index (Phi) is 7.72. The highest BCUT2D eigenvalue weighted by Crippen LogP contribution is 2.22. The molecule has 0 fully saturated rings. The van der Waals surface area contributed by atoms with Crippen molar-refractivity contribution < 1.29 is 0 Å².